The molecule has 144 valence electrons. The second kappa shape index (κ2) is 7.15. The average molecular weight is 368 g/mol. The van der Waals surface area contributed by atoms with Crippen molar-refractivity contribution in [3.05, 3.63) is 24.3 Å². The molecule has 3 aliphatic rings. The van der Waals surface area contributed by atoms with Crippen LogP contribution in [0.4, 0.5) is 6.01 Å². The van der Waals surface area contributed by atoms with Crippen LogP contribution in [0.5, 0.6) is 0 Å². The number of amides is 1. The Morgan fingerprint density at radius 3 is 2.67 bits per heavy atom. The fraction of sp³-hybridized carbons (Fsp3) is 0.619. The van der Waals surface area contributed by atoms with Gasteiger partial charge in [0.05, 0.1) is 5.92 Å². The van der Waals surface area contributed by atoms with Crippen LogP contribution in [0.1, 0.15) is 38.5 Å². The van der Waals surface area contributed by atoms with E-state index in [4.69, 9.17) is 4.42 Å². The molecule has 2 aromatic rings. The number of benzene rings is 1. The first-order chi connectivity index (χ1) is 13.3. The van der Waals surface area contributed by atoms with Crippen molar-refractivity contribution in [2.24, 2.45) is 5.92 Å². The van der Waals surface area contributed by atoms with Crippen molar-refractivity contribution in [3.63, 3.8) is 0 Å². The molecule has 27 heavy (non-hydrogen) atoms. The van der Waals surface area contributed by atoms with Gasteiger partial charge in [-0.15, -0.1) is 0 Å². The van der Waals surface area contributed by atoms with Gasteiger partial charge in [0.1, 0.15) is 5.52 Å². The first-order valence-corrected chi connectivity index (χ1v) is 10.4. The van der Waals surface area contributed by atoms with E-state index in [2.05, 4.69) is 20.1 Å². The molecule has 1 aromatic carbocycles. The van der Waals surface area contributed by atoms with Gasteiger partial charge in [-0.1, -0.05) is 12.1 Å². The molecule has 1 aromatic heterocycles. The molecular formula is C21H28N4O2. The van der Waals surface area contributed by atoms with Crippen molar-refractivity contribution >= 4 is 23.0 Å². The number of likely N-dealkylation sites (tertiary alicyclic amines) is 1. The van der Waals surface area contributed by atoms with Crippen molar-refractivity contribution in [2.45, 2.75) is 50.6 Å². The maximum Gasteiger partial charge on any atom is 0.298 e. The Bertz CT molecular complexity index is 774. The number of hydrogen-bond donors (Lipinski definition) is 1. The minimum absolute atomic E-state index is 0.175. The summed E-state index contributed by atoms with van der Waals surface area (Å²) in [5.41, 5.74) is 1.78. The highest BCUT2D eigenvalue weighted by molar-refractivity contribution is 5.79. The molecule has 2 saturated heterocycles. The Morgan fingerprint density at radius 1 is 1.07 bits per heavy atom. The summed E-state index contributed by atoms with van der Waals surface area (Å²) in [6, 6.07) is 9.72. The Kier molecular flexibility index (Phi) is 4.52. The van der Waals surface area contributed by atoms with E-state index < -0.39 is 0 Å². The summed E-state index contributed by atoms with van der Waals surface area (Å²) in [4.78, 5) is 21.9. The van der Waals surface area contributed by atoms with Gasteiger partial charge in [0.2, 0.25) is 5.91 Å². The third-order valence-electron chi connectivity index (χ3n) is 6.28. The van der Waals surface area contributed by atoms with E-state index in [-0.39, 0.29) is 11.8 Å². The van der Waals surface area contributed by atoms with Crippen molar-refractivity contribution in [1.82, 2.24) is 15.2 Å². The number of rotatable bonds is 4. The Labute approximate surface area is 159 Å². The summed E-state index contributed by atoms with van der Waals surface area (Å²) in [5, 5.41) is 3.19. The van der Waals surface area contributed by atoms with Crippen molar-refractivity contribution < 1.29 is 9.21 Å². The molecule has 1 N–H and O–H groups in total. The van der Waals surface area contributed by atoms with E-state index in [1.54, 1.807) is 0 Å². The highest BCUT2D eigenvalue weighted by Crippen LogP contribution is 2.28. The first kappa shape index (κ1) is 17.0. The van der Waals surface area contributed by atoms with Crippen LogP contribution in [-0.2, 0) is 4.79 Å². The lowest BCUT2D eigenvalue weighted by molar-refractivity contribution is -0.127. The lowest BCUT2D eigenvalue weighted by Crippen LogP contribution is -2.51. The number of para-hydroxylation sites is 2. The van der Waals surface area contributed by atoms with Gasteiger partial charge in [-0.3, -0.25) is 9.69 Å². The molecule has 1 saturated carbocycles. The maximum absolute atomic E-state index is 12.4. The van der Waals surface area contributed by atoms with Gasteiger partial charge in [0.15, 0.2) is 5.58 Å². The van der Waals surface area contributed by atoms with E-state index in [1.807, 2.05) is 24.3 Å². The van der Waals surface area contributed by atoms with Crippen LogP contribution in [0.2, 0.25) is 0 Å². The van der Waals surface area contributed by atoms with Crippen molar-refractivity contribution in [2.75, 3.05) is 31.1 Å². The van der Waals surface area contributed by atoms with Crippen LogP contribution in [-0.4, -0.2) is 54.1 Å². The molecule has 0 unspecified atom stereocenters. The zero-order valence-corrected chi connectivity index (χ0v) is 15.8. The number of hydrogen-bond acceptors (Lipinski definition) is 5. The number of carbonyl (C=O) groups excluding carboxylic acids is 1. The topological polar surface area (TPSA) is 61.6 Å². The Hall–Kier alpha value is -2.08. The largest absolute Gasteiger partial charge is 0.423 e. The molecule has 0 spiro atoms. The Balaban J connectivity index is 1.18. The van der Waals surface area contributed by atoms with Crippen molar-refractivity contribution in [3.8, 4) is 0 Å². The standard InChI is InChI=1S/C21H28N4O2/c26-20(22-16-7-8-16)15-4-3-11-25(14-15)17-9-12-24(13-10-17)21-23-18-5-1-2-6-19(18)27-21/h1-2,5-6,15-17H,3-4,7-14H2,(H,22,26)/t15-/m1/s1. The van der Waals surface area contributed by atoms with Crippen LogP contribution in [0.15, 0.2) is 28.7 Å². The van der Waals surface area contributed by atoms with E-state index in [9.17, 15) is 4.79 Å². The third kappa shape index (κ3) is 3.68. The fourth-order valence-electron chi connectivity index (χ4n) is 4.52. The van der Waals surface area contributed by atoms with E-state index in [1.165, 1.54) is 0 Å². The van der Waals surface area contributed by atoms with E-state index in [0.717, 1.165) is 81.8 Å². The molecular weight excluding hydrogens is 340 g/mol. The smallest absolute Gasteiger partial charge is 0.298 e. The summed E-state index contributed by atoms with van der Waals surface area (Å²) in [7, 11) is 0. The predicted octanol–water partition coefficient (Wildman–Crippen LogP) is 2.79. The molecule has 5 rings (SSSR count). The number of piperidine rings is 2. The molecule has 3 fully saturated rings. The first-order valence-electron chi connectivity index (χ1n) is 10.4. The predicted molar refractivity (Wildman–Crippen MR) is 105 cm³/mol. The highest BCUT2D eigenvalue weighted by atomic mass is 16.4. The van der Waals surface area contributed by atoms with Gasteiger partial charge in [0, 0.05) is 31.7 Å². The molecule has 0 bridgehead atoms. The summed E-state index contributed by atoms with van der Waals surface area (Å²) in [5.74, 6) is 0.459. The monoisotopic (exact) mass is 368 g/mol. The molecule has 1 amide bonds. The van der Waals surface area contributed by atoms with Gasteiger partial charge in [0.25, 0.3) is 6.01 Å². The van der Waals surface area contributed by atoms with E-state index >= 15 is 0 Å². The van der Waals surface area contributed by atoms with Gasteiger partial charge >= 0.3 is 0 Å². The van der Waals surface area contributed by atoms with Crippen LogP contribution >= 0.6 is 0 Å². The minimum atomic E-state index is 0.175. The second-order valence-corrected chi connectivity index (χ2v) is 8.30. The van der Waals surface area contributed by atoms with Gasteiger partial charge < -0.3 is 14.6 Å². The Morgan fingerprint density at radius 2 is 1.89 bits per heavy atom. The summed E-state index contributed by atoms with van der Waals surface area (Å²) in [6.45, 7) is 3.98. The van der Waals surface area contributed by atoms with Crippen molar-refractivity contribution in [1.29, 1.82) is 0 Å². The number of anilines is 1. The summed E-state index contributed by atoms with van der Waals surface area (Å²) < 4.78 is 5.93. The zero-order valence-electron chi connectivity index (χ0n) is 15.8. The van der Waals surface area contributed by atoms with Crippen LogP contribution < -0.4 is 10.2 Å². The number of aromatic nitrogens is 1. The van der Waals surface area contributed by atoms with Crippen LogP contribution in [0, 0.1) is 5.92 Å². The summed E-state index contributed by atoms with van der Waals surface area (Å²) >= 11 is 0. The molecule has 2 aliphatic heterocycles. The summed E-state index contributed by atoms with van der Waals surface area (Å²) in [6.07, 6.45) is 6.71. The third-order valence-corrected chi connectivity index (χ3v) is 6.28. The molecule has 3 heterocycles. The second-order valence-electron chi connectivity index (χ2n) is 8.30. The van der Waals surface area contributed by atoms with Gasteiger partial charge in [-0.25, -0.2) is 0 Å². The van der Waals surface area contributed by atoms with E-state index in [0.29, 0.717) is 12.1 Å². The van der Waals surface area contributed by atoms with Crippen LogP contribution in [0.3, 0.4) is 0 Å². The van der Waals surface area contributed by atoms with Crippen LogP contribution in [0.25, 0.3) is 11.1 Å². The van der Waals surface area contributed by atoms with Gasteiger partial charge in [-0.05, 0) is 57.2 Å². The SMILES string of the molecule is O=C(NC1CC1)[C@@H]1CCCN(C2CCN(c3nc4ccccc4o3)CC2)C1. The average Bonchev–Trinajstić information content (AvgIpc) is 3.42. The number of nitrogens with zero attached hydrogens (tertiary/aromatic N) is 3. The zero-order chi connectivity index (χ0) is 18.2. The molecule has 6 nitrogen and oxygen atoms in total. The quantitative estimate of drug-likeness (QED) is 0.899. The normalized spacial score (nSPS) is 25.0. The minimum Gasteiger partial charge on any atom is -0.423 e. The number of oxazole rings is 1. The molecule has 6 heteroatoms. The molecule has 1 atom stereocenters. The molecule has 1 aliphatic carbocycles. The maximum atomic E-state index is 12.4. The lowest BCUT2D eigenvalue weighted by atomic mass is 9.93. The number of carbonyl (C=O) groups is 1. The number of fused-ring (bicyclic) bond motifs is 1. The molecule has 0 radical (unpaired) electrons. The van der Waals surface area contributed by atoms with Gasteiger partial charge in [-0.2, -0.15) is 4.98 Å². The fourth-order valence-corrected chi connectivity index (χ4v) is 4.52. The number of nitrogens with one attached hydrogen (secondary N) is 1. The lowest BCUT2D eigenvalue weighted by Gasteiger charge is -2.41. The highest BCUT2D eigenvalue weighted by Gasteiger charge is 2.34.